The van der Waals surface area contributed by atoms with Gasteiger partial charge in [0.25, 0.3) is 0 Å². The van der Waals surface area contributed by atoms with E-state index in [0.29, 0.717) is 5.56 Å². The van der Waals surface area contributed by atoms with Crippen LogP contribution in [0.4, 0.5) is 13.2 Å². The number of alkyl halides is 3. The molecule has 0 unspecified atom stereocenters. The summed E-state index contributed by atoms with van der Waals surface area (Å²) in [6.07, 6.45) is -2.82. The third-order valence-electron chi connectivity index (χ3n) is 6.30. The van der Waals surface area contributed by atoms with Crippen LogP contribution in [0.3, 0.4) is 0 Å². The van der Waals surface area contributed by atoms with Crippen molar-refractivity contribution in [1.29, 1.82) is 0 Å². The van der Waals surface area contributed by atoms with E-state index >= 15 is 0 Å². The summed E-state index contributed by atoms with van der Waals surface area (Å²) in [7, 11) is 0. The van der Waals surface area contributed by atoms with Gasteiger partial charge in [-0.1, -0.05) is 57.2 Å². The van der Waals surface area contributed by atoms with Gasteiger partial charge in [-0.3, -0.25) is 0 Å². The van der Waals surface area contributed by atoms with Gasteiger partial charge < -0.3 is 0 Å². The monoisotopic (exact) mass is 502 g/mol. The molecule has 2 nitrogen and oxygen atoms in total. The predicted molar refractivity (Wildman–Crippen MR) is 142 cm³/mol. The highest BCUT2D eigenvalue weighted by molar-refractivity contribution is 7.16. The molecule has 5 rings (SSSR count). The van der Waals surface area contributed by atoms with Crippen LogP contribution in [0.25, 0.3) is 43.7 Å². The van der Waals surface area contributed by atoms with Crippen molar-refractivity contribution in [3.05, 3.63) is 95.1 Å². The average Bonchev–Trinajstić information content (AvgIpc) is 3.24. The van der Waals surface area contributed by atoms with Gasteiger partial charge in [0.1, 0.15) is 6.33 Å². The van der Waals surface area contributed by atoms with Crippen LogP contribution >= 0.6 is 11.3 Å². The van der Waals surface area contributed by atoms with Gasteiger partial charge >= 0.3 is 6.18 Å². The molecule has 3 aromatic carbocycles. The molecule has 2 heterocycles. The lowest BCUT2D eigenvalue weighted by molar-refractivity contribution is -0.137. The van der Waals surface area contributed by atoms with Gasteiger partial charge in [-0.05, 0) is 70.6 Å². The van der Waals surface area contributed by atoms with Gasteiger partial charge in [0.15, 0.2) is 0 Å². The molecule has 0 saturated carbocycles. The smallest absolute Gasteiger partial charge is 0.236 e. The molecule has 0 aliphatic heterocycles. The Balaban J connectivity index is 1.58. The number of benzene rings is 3. The number of nitrogens with zero attached hydrogens (tertiary/aromatic N) is 2. The molecule has 0 radical (unpaired) electrons. The average molecular weight is 503 g/mol. The lowest BCUT2D eigenvalue weighted by Crippen LogP contribution is -2.12. The van der Waals surface area contributed by atoms with Crippen LogP contribution in [-0.2, 0) is 11.6 Å². The first-order valence-corrected chi connectivity index (χ1v) is 12.5. The molecule has 2 aromatic heterocycles. The summed E-state index contributed by atoms with van der Waals surface area (Å²) in [6.45, 7) is 8.57. The van der Waals surface area contributed by atoms with E-state index in [-0.39, 0.29) is 5.41 Å². The number of hydrogen-bond acceptors (Lipinski definition) is 3. The minimum Gasteiger partial charge on any atom is -0.236 e. The molecule has 0 aliphatic carbocycles. The van der Waals surface area contributed by atoms with Crippen LogP contribution in [0.2, 0.25) is 0 Å². The lowest BCUT2D eigenvalue weighted by atomic mass is 9.82. The minimum atomic E-state index is -4.38. The lowest BCUT2D eigenvalue weighted by Gasteiger charge is -2.22. The molecule has 182 valence electrons. The van der Waals surface area contributed by atoms with Crippen molar-refractivity contribution in [1.82, 2.24) is 9.97 Å². The standard InChI is InChI=1S/C30H25F3N2S/c1-18-24(15-28(36-18)20-9-7-10-22(13-20)30(31,32)33)27-16-26(34-17-35-27)21-12-19-8-5-6-11-23(19)25(14-21)29(2,3)4/h5-17H,1-4H3. The van der Waals surface area contributed by atoms with Crippen LogP contribution in [0.5, 0.6) is 0 Å². The van der Waals surface area contributed by atoms with E-state index in [9.17, 15) is 13.2 Å². The van der Waals surface area contributed by atoms with Crippen LogP contribution in [-0.4, -0.2) is 9.97 Å². The van der Waals surface area contributed by atoms with Crippen LogP contribution in [0.15, 0.2) is 79.1 Å². The molecule has 0 atom stereocenters. The molecule has 0 spiro atoms. The molecule has 6 heteroatoms. The predicted octanol–water partition coefficient (Wildman–Crippen LogP) is 9.32. The Morgan fingerprint density at radius 3 is 2.25 bits per heavy atom. The molecule has 0 fully saturated rings. The normalized spacial score (nSPS) is 12.3. The van der Waals surface area contributed by atoms with Crippen molar-refractivity contribution >= 4 is 22.1 Å². The Labute approximate surface area is 212 Å². The molecule has 5 aromatic rings. The maximum Gasteiger partial charge on any atom is 0.416 e. The molecular weight excluding hydrogens is 477 g/mol. The summed E-state index contributed by atoms with van der Waals surface area (Å²) >= 11 is 1.46. The van der Waals surface area contributed by atoms with E-state index in [1.54, 1.807) is 12.4 Å². The van der Waals surface area contributed by atoms with Crippen molar-refractivity contribution in [2.45, 2.75) is 39.3 Å². The summed E-state index contributed by atoms with van der Waals surface area (Å²) in [5.41, 5.74) is 4.55. The highest BCUT2D eigenvalue weighted by Crippen LogP contribution is 2.40. The third-order valence-corrected chi connectivity index (χ3v) is 7.40. The fourth-order valence-corrected chi connectivity index (χ4v) is 5.49. The first kappa shape index (κ1) is 24.2. The van der Waals surface area contributed by atoms with Gasteiger partial charge in [0, 0.05) is 20.9 Å². The number of fused-ring (bicyclic) bond motifs is 1. The molecule has 36 heavy (non-hydrogen) atoms. The molecule has 0 aliphatic rings. The molecular formula is C30H25F3N2S. The molecule has 0 saturated heterocycles. The SMILES string of the molecule is Cc1sc(-c2cccc(C(F)(F)F)c2)cc1-c1cc(-c2cc(C(C)(C)C)c3ccccc3c2)ncn1. The van der Waals surface area contributed by atoms with Crippen molar-refractivity contribution in [2.75, 3.05) is 0 Å². The minimum absolute atomic E-state index is 0.0464. The zero-order valence-electron chi connectivity index (χ0n) is 20.4. The van der Waals surface area contributed by atoms with Gasteiger partial charge in [-0.15, -0.1) is 11.3 Å². The van der Waals surface area contributed by atoms with Crippen molar-refractivity contribution < 1.29 is 13.2 Å². The topological polar surface area (TPSA) is 25.8 Å². The van der Waals surface area contributed by atoms with Crippen LogP contribution < -0.4 is 0 Å². The van der Waals surface area contributed by atoms with Crippen molar-refractivity contribution in [2.24, 2.45) is 0 Å². The molecule has 0 N–H and O–H groups in total. The zero-order chi connectivity index (χ0) is 25.7. The van der Waals surface area contributed by atoms with E-state index in [1.807, 2.05) is 25.1 Å². The maximum atomic E-state index is 13.2. The Kier molecular flexibility index (Phi) is 5.95. The van der Waals surface area contributed by atoms with Gasteiger partial charge in [-0.2, -0.15) is 13.2 Å². The van der Waals surface area contributed by atoms with E-state index < -0.39 is 11.7 Å². The number of halogens is 3. The Bertz CT molecular complexity index is 1580. The van der Waals surface area contributed by atoms with Crippen LogP contribution in [0.1, 0.15) is 36.8 Å². The summed E-state index contributed by atoms with van der Waals surface area (Å²) in [5, 5.41) is 2.38. The second-order valence-corrected chi connectivity index (χ2v) is 11.2. The fraction of sp³-hybridized carbons (Fsp3) is 0.200. The van der Waals surface area contributed by atoms with Crippen molar-refractivity contribution in [3.63, 3.8) is 0 Å². The van der Waals surface area contributed by atoms with Gasteiger partial charge in [0.2, 0.25) is 0 Å². The largest absolute Gasteiger partial charge is 0.416 e. The highest BCUT2D eigenvalue weighted by Gasteiger charge is 2.30. The van der Waals surface area contributed by atoms with E-state index in [2.05, 4.69) is 61.1 Å². The second-order valence-electron chi connectivity index (χ2n) is 9.94. The fourth-order valence-electron chi connectivity index (χ4n) is 4.47. The number of hydrogen-bond donors (Lipinski definition) is 0. The Morgan fingerprint density at radius 1 is 0.750 bits per heavy atom. The zero-order valence-corrected chi connectivity index (χ0v) is 21.3. The summed E-state index contributed by atoms with van der Waals surface area (Å²) in [4.78, 5) is 10.8. The number of aryl methyl sites for hydroxylation is 1. The number of rotatable bonds is 3. The van der Waals surface area contributed by atoms with Crippen molar-refractivity contribution in [3.8, 4) is 33.0 Å². The number of thiophene rings is 1. The summed E-state index contributed by atoms with van der Waals surface area (Å²) < 4.78 is 39.7. The third kappa shape index (κ3) is 4.65. The van der Waals surface area contributed by atoms with E-state index in [4.69, 9.17) is 0 Å². The second kappa shape index (κ2) is 8.86. The molecule has 0 amide bonds. The molecule has 0 bridgehead atoms. The Morgan fingerprint density at radius 2 is 1.50 bits per heavy atom. The number of aromatic nitrogens is 2. The summed E-state index contributed by atoms with van der Waals surface area (Å²) in [5.74, 6) is 0. The Hall–Kier alpha value is -3.51. The van der Waals surface area contributed by atoms with E-state index in [0.717, 1.165) is 43.7 Å². The van der Waals surface area contributed by atoms with E-state index in [1.165, 1.54) is 34.4 Å². The highest BCUT2D eigenvalue weighted by atomic mass is 32.1. The first-order chi connectivity index (χ1) is 17.0. The van der Waals surface area contributed by atoms with Gasteiger partial charge in [0.05, 0.1) is 17.0 Å². The van der Waals surface area contributed by atoms with Crippen LogP contribution in [0, 0.1) is 6.92 Å². The summed E-state index contributed by atoms with van der Waals surface area (Å²) in [6, 6.07) is 22.0. The van der Waals surface area contributed by atoms with Gasteiger partial charge in [-0.25, -0.2) is 9.97 Å². The maximum absolute atomic E-state index is 13.2. The first-order valence-electron chi connectivity index (χ1n) is 11.6. The quantitative estimate of drug-likeness (QED) is 0.246.